The van der Waals surface area contributed by atoms with Crippen molar-refractivity contribution >= 4 is 51.9 Å². The van der Waals surface area contributed by atoms with Gasteiger partial charge >= 0.3 is 23.5 Å². The number of benzene rings is 1. The summed E-state index contributed by atoms with van der Waals surface area (Å²) in [5.41, 5.74) is 6.24. The number of fused-ring (bicyclic) bond motifs is 1. The standard InChI is InChI=1S/C30H41N6O17P3/c1-6-24(38)32-9-7-8-17-10-20(36(39)40)19(11-22(17)48-5)27(30(2,3)4)49-14-18-13-35(29-26(18)28(31)33-16-34-29)25-12-21(37)23(51-25)15-50-55(44,45)53-56(46,47)52-54(41,42)43/h10-11,13,16,21,23,25,27,37H,6,9,12,14-15H2,1-5H3,(H,32,38)(H,44,45)(H,46,47)(H2,31,33,34)(H2,41,42,43)/t21-,23-,25-,27-/m1/s1. The number of anilines is 1. The molecular formula is C30H41N6O17P3. The number of hydrogen-bond donors (Lipinski definition) is 7. The Morgan fingerprint density at radius 1 is 1.18 bits per heavy atom. The molecular weight excluding hydrogens is 809 g/mol. The van der Waals surface area contributed by atoms with Crippen molar-refractivity contribution in [1.82, 2.24) is 19.9 Å². The molecule has 1 aromatic carbocycles. The molecule has 26 heteroatoms. The van der Waals surface area contributed by atoms with Gasteiger partial charge in [-0.1, -0.05) is 39.5 Å². The summed E-state index contributed by atoms with van der Waals surface area (Å²) >= 11 is 0. The lowest BCUT2D eigenvalue weighted by molar-refractivity contribution is -0.386. The third kappa shape index (κ3) is 11.6. The van der Waals surface area contributed by atoms with Crippen molar-refractivity contribution in [3.63, 3.8) is 0 Å². The Morgan fingerprint density at radius 2 is 1.88 bits per heavy atom. The van der Waals surface area contributed by atoms with E-state index in [0.29, 0.717) is 10.9 Å². The van der Waals surface area contributed by atoms with Gasteiger partial charge in [0.1, 0.15) is 35.9 Å². The minimum atomic E-state index is -5.77. The van der Waals surface area contributed by atoms with Gasteiger partial charge in [0.15, 0.2) is 0 Å². The number of carbonyl (C=O) groups is 1. The second kappa shape index (κ2) is 17.7. The summed E-state index contributed by atoms with van der Waals surface area (Å²) in [7, 11) is -15.5. The van der Waals surface area contributed by atoms with E-state index < -0.39 is 65.0 Å². The number of nitro groups is 1. The molecule has 0 saturated carbocycles. The fourth-order valence-corrected chi connectivity index (χ4v) is 8.66. The van der Waals surface area contributed by atoms with E-state index in [4.69, 9.17) is 29.7 Å². The summed E-state index contributed by atoms with van der Waals surface area (Å²) < 4.78 is 66.1. The fraction of sp³-hybridized carbons (Fsp3) is 0.500. The molecule has 1 fully saturated rings. The number of phosphoric acid groups is 3. The average Bonchev–Trinajstić information content (AvgIpc) is 3.63. The molecule has 6 atom stereocenters. The molecule has 3 aromatic rings. The van der Waals surface area contributed by atoms with Crippen LogP contribution in [0.3, 0.4) is 0 Å². The van der Waals surface area contributed by atoms with Crippen LogP contribution in [0.5, 0.6) is 5.75 Å². The van der Waals surface area contributed by atoms with Crippen molar-refractivity contribution in [1.29, 1.82) is 0 Å². The number of nitro benzene ring substituents is 1. The first-order valence-corrected chi connectivity index (χ1v) is 20.9. The van der Waals surface area contributed by atoms with Gasteiger partial charge in [0.05, 0.1) is 60.5 Å². The predicted octanol–water partition coefficient (Wildman–Crippen LogP) is 3.10. The van der Waals surface area contributed by atoms with Crippen molar-refractivity contribution < 1.29 is 75.4 Å². The maximum atomic E-state index is 12.4. The van der Waals surface area contributed by atoms with Gasteiger partial charge in [-0.2, -0.15) is 8.62 Å². The van der Waals surface area contributed by atoms with Gasteiger partial charge in [-0.25, -0.2) is 23.7 Å². The Hall–Kier alpha value is -3.84. The molecule has 0 spiro atoms. The predicted molar refractivity (Wildman–Crippen MR) is 193 cm³/mol. The number of aliphatic hydroxyl groups is 1. The van der Waals surface area contributed by atoms with Crippen molar-refractivity contribution in [2.75, 3.05) is 26.0 Å². The van der Waals surface area contributed by atoms with Crippen LogP contribution in [0.15, 0.2) is 24.7 Å². The summed E-state index contributed by atoms with van der Waals surface area (Å²) in [6.07, 6.45) is -1.81. The molecule has 1 saturated heterocycles. The number of aromatic nitrogens is 3. The highest BCUT2D eigenvalue weighted by Crippen LogP contribution is 2.66. The van der Waals surface area contributed by atoms with Crippen LogP contribution in [-0.2, 0) is 47.7 Å². The van der Waals surface area contributed by atoms with Crippen LogP contribution in [0.4, 0.5) is 11.5 Å². The fourth-order valence-electron chi connectivity index (χ4n) is 5.63. The van der Waals surface area contributed by atoms with E-state index in [9.17, 15) is 43.5 Å². The summed E-state index contributed by atoms with van der Waals surface area (Å²) in [6.45, 7) is 6.05. The summed E-state index contributed by atoms with van der Waals surface area (Å²) in [5.74, 6) is 5.62. The number of ether oxygens (including phenoxy) is 3. The summed E-state index contributed by atoms with van der Waals surface area (Å²) in [5, 5.41) is 26.1. The minimum absolute atomic E-state index is 0.0209. The molecule has 2 aromatic heterocycles. The number of nitrogens with zero attached hydrogens (tertiary/aromatic N) is 4. The van der Waals surface area contributed by atoms with E-state index in [2.05, 4.69) is 40.3 Å². The van der Waals surface area contributed by atoms with E-state index in [1.807, 2.05) is 20.8 Å². The normalized spacial score (nSPS) is 20.1. The van der Waals surface area contributed by atoms with Crippen molar-refractivity contribution in [3.8, 4) is 17.6 Å². The van der Waals surface area contributed by atoms with Gasteiger partial charge in [-0.05, 0) is 11.5 Å². The number of nitrogen functional groups attached to an aromatic ring is 1. The number of carbonyl (C=O) groups excluding carboxylic acids is 1. The van der Waals surface area contributed by atoms with E-state index in [0.717, 1.165) is 0 Å². The first kappa shape index (κ1) is 44.9. The molecule has 4 rings (SSSR count). The number of nitrogens with one attached hydrogen (secondary N) is 1. The quantitative estimate of drug-likeness (QED) is 0.0471. The molecule has 23 nitrogen and oxygen atoms in total. The zero-order valence-electron chi connectivity index (χ0n) is 30.5. The van der Waals surface area contributed by atoms with E-state index >= 15 is 0 Å². The van der Waals surface area contributed by atoms with Crippen LogP contribution in [0.25, 0.3) is 11.0 Å². The van der Waals surface area contributed by atoms with Crippen LogP contribution in [0.1, 0.15) is 69.6 Å². The lowest BCUT2D eigenvalue weighted by atomic mass is 9.83. The molecule has 1 aliphatic rings. The number of nitrogens with two attached hydrogens (primary N) is 1. The van der Waals surface area contributed by atoms with E-state index in [-0.39, 0.29) is 65.9 Å². The average molecular weight is 851 g/mol. The van der Waals surface area contributed by atoms with Gasteiger partial charge in [0.25, 0.3) is 5.69 Å². The van der Waals surface area contributed by atoms with Crippen molar-refractivity contribution in [2.24, 2.45) is 5.41 Å². The molecule has 56 heavy (non-hydrogen) atoms. The highest BCUT2D eigenvalue weighted by Gasteiger charge is 2.43. The second-order valence-electron chi connectivity index (χ2n) is 13.2. The lowest BCUT2D eigenvalue weighted by Gasteiger charge is -2.31. The van der Waals surface area contributed by atoms with E-state index in [1.54, 1.807) is 13.1 Å². The van der Waals surface area contributed by atoms with Gasteiger partial charge < -0.3 is 54.5 Å². The number of hydrogen-bond acceptors (Lipinski definition) is 16. The molecule has 1 aliphatic heterocycles. The smallest absolute Gasteiger partial charge is 0.490 e. The largest absolute Gasteiger partial charge is 0.495 e. The number of amides is 1. The second-order valence-corrected chi connectivity index (χ2v) is 17.6. The lowest BCUT2D eigenvalue weighted by Crippen LogP contribution is -2.26. The SMILES string of the molecule is CCC(=O)NCC#Cc1cc([N+](=O)[O-])c([C@@H](OCc2cn([C@H]3C[C@@H](O)[C@@H](COP(=O)(O)OP(=O)(O)OP(=O)(O)O)O3)c3ncnc(N)c23)C(C)(C)C)cc1OC. The highest BCUT2D eigenvalue weighted by atomic mass is 31.3. The third-order valence-corrected chi connectivity index (χ3v) is 11.8. The Balaban J connectivity index is 1.60. The van der Waals surface area contributed by atoms with Gasteiger partial charge in [-0.3, -0.25) is 19.4 Å². The number of aliphatic hydroxyl groups excluding tert-OH is 1. The van der Waals surface area contributed by atoms with Gasteiger partial charge in [0.2, 0.25) is 5.91 Å². The Morgan fingerprint density at radius 3 is 2.48 bits per heavy atom. The third-order valence-electron chi connectivity index (χ3n) is 7.99. The first-order valence-electron chi connectivity index (χ1n) is 16.4. The van der Waals surface area contributed by atoms with Crippen LogP contribution in [0, 0.1) is 27.4 Å². The Labute approximate surface area is 319 Å². The summed E-state index contributed by atoms with van der Waals surface area (Å²) in [6, 6.07) is 2.74. The summed E-state index contributed by atoms with van der Waals surface area (Å²) in [4.78, 5) is 68.5. The zero-order valence-corrected chi connectivity index (χ0v) is 33.2. The molecule has 8 N–H and O–H groups in total. The Bertz CT molecular complexity index is 2160. The minimum Gasteiger partial charge on any atom is -0.495 e. The van der Waals surface area contributed by atoms with Crippen LogP contribution in [0.2, 0.25) is 0 Å². The number of phosphoric ester groups is 1. The molecule has 0 bridgehead atoms. The topological polar surface area (TPSA) is 337 Å². The molecule has 308 valence electrons. The Kier molecular flexibility index (Phi) is 14.2. The monoisotopic (exact) mass is 850 g/mol. The molecule has 0 radical (unpaired) electrons. The molecule has 0 aliphatic carbocycles. The van der Waals surface area contributed by atoms with E-state index in [1.165, 1.54) is 30.1 Å². The maximum absolute atomic E-state index is 12.4. The maximum Gasteiger partial charge on any atom is 0.490 e. The van der Waals surface area contributed by atoms with Crippen LogP contribution in [-0.4, -0.2) is 82.5 Å². The highest BCUT2D eigenvalue weighted by molar-refractivity contribution is 7.66. The van der Waals surface area contributed by atoms with Crippen molar-refractivity contribution in [2.45, 2.75) is 71.7 Å². The van der Waals surface area contributed by atoms with Gasteiger partial charge in [0, 0.05) is 30.7 Å². The number of methoxy groups -OCH3 is 1. The first-order chi connectivity index (χ1) is 25.9. The zero-order chi connectivity index (χ0) is 41.8. The van der Waals surface area contributed by atoms with Crippen LogP contribution >= 0.6 is 23.5 Å². The van der Waals surface area contributed by atoms with Gasteiger partial charge in [-0.15, -0.1) is 0 Å². The molecule has 2 unspecified atom stereocenters. The van der Waals surface area contributed by atoms with Crippen LogP contribution < -0.4 is 15.8 Å². The van der Waals surface area contributed by atoms with Crippen molar-refractivity contribution in [3.05, 3.63) is 51.5 Å². The molecule has 3 heterocycles. The number of rotatable bonds is 16. The molecule has 1 amide bonds.